The first-order valence-electron chi connectivity index (χ1n) is 10.7. The van der Waals surface area contributed by atoms with Crippen LogP contribution in [0.5, 0.6) is 5.75 Å². The van der Waals surface area contributed by atoms with Gasteiger partial charge in [0, 0.05) is 17.8 Å². The molecule has 1 N–H and O–H groups in total. The summed E-state index contributed by atoms with van der Waals surface area (Å²) in [6.07, 6.45) is 1.48. The number of imide groups is 1. The third-order valence-corrected chi connectivity index (χ3v) is 6.30. The number of anilines is 1. The van der Waals surface area contributed by atoms with Crippen molar-refractivity contribution in [3.8, 4) is 5.75 Å². The number of hydrogen-bond acceptors (Lipinski definition) is 7. The van der Waals surface area contributed by atoms with E-state index in [0.717, 1.165) is 4.90 Å². The number of carbonyl (C=O) groups excluding carboxylic acids is 3. The summed E-state index contributed by atoms with van der Waals surface area (Å²) in [5.41, 5.74) is 1.56. The first kappa shape index (κ1) is 25.9. The molecule has 1 aliphatic rings. The Morgan fingerprint density at radius 3 is 2.46 bits per heavy atom. The van der Waals surface area contributed by atoms with E-state index in [2.05, 4.69) is 5.32 Å². The average Bonchev–Trinajstić information content (AvgIpc) is 3.12. The summed E-state index contributed by atoms with van der Waals surface area (Å²) < 4.78 is 18.7. The fourth-order valence-corrected chi connectivity index (χ4v) is 4.35. The lowest BCUT2D eigenvalue weighted by Gasteiger charge is -2.12. The molecule has 3 amide bonds. The van der Waals surface area contributed by atoms with Gasteiger partial charge in [-0.1, -0.05) is 17.7 Å². The Kier molecular flexibility index (Phi) is 7.85. The van der Waals surface area contributed by atoms with Crippen molar-refractivity contribution in [1.29, 1.82) is 0 Å². The van der Waals surface area contributed by atoms with Crippen molar-refractivity contribution in [1.82, 2.24) is 4.90 Å². The SMILES string of the molecule is O=C(CN1C(=O)S/C(=C\c2ccc(OCc3ccc([N+](=O)[O-])cc3)c(Cl)c2)C1=O)Nc1ccc(F)cc1. The molecular weight excluding hydrogens is 525 g/mol. The van der Waals surface area contributed by atoms with Crippen LogP contribution >= 0.6 is 23.4 Å². The van der Waals surface area contributed by atoms with Crippen LogP contribution in [0, 0.1) is 15.9 Å². The van der Waals surface area contributed by atoms with Gasteiger partial charge in [0.1, 0.15) is 24.7 Å². The number of ether oxygens (including phenoxy) is 1. The zero-order chi connectivity index (χ0) is 26.5. The van der Waals surface area contributed by atoms with E-state index in [-0.39, 0.29) is 22.2 Å². The quantitative estimate of drug-likeness (QED) is 0.222. The second-order valence-electron chi connectivity index (χ2n) is 7.73. The summed E-state index contributed by atoms with van der Waals surface area (Å²) in [6.45, 7) is -0.356. The highest BCUT2D eigenvalue weighted by atomic mass is 35.5. The predicted octanol–water partition coefficient (Wildman–Crippen LogP) is 5.64. The molecule has 9 nitrogen and oxygen atoms in total. The predicted molar refractivity (Wildman–Crippen MR) is 137 cm³/mol. The smallest absolute Gasteiger partial charge is 0.294 e. The molecule has 0 saturated carbocycles. The largest absolute Gasteiger partial charge is 0.487 e. The zero-order valence-electron chi connectivity index (χ0n) is 18.9. The minimum atomic E-state index is -0.626. The lowest BCUT2D eigenvalue weighted by molar-refractivity contribution is -0.384. The van der Waals surface area contributed by atoms with Crippen LogP contribution in [0.15, 0.2) is 71.6 Å². The Bertz CT molecular complexity index is 1410. The number of nitro groups is 1. The number of thioether (sulfide) groups is 1. The van der Waals surface area contributed by atoms with Gasteiger partial charge >= 0.3 is 0 Å². The van der Waals surface area contributed by atoms with Crippen molar-refractivity contribution in [2.24, 2.45) is 0 Å². The van der Waals surface area contributed by atoms with Gasteiger partial charge < -0.3 is 10.1 Å². The Morgan fingerprint density at radius 1 is 1.11 bits per heavy atom. The third-order valence-electron chi connectivity index (χ3n) is 5.10. The van der Waals surface area contributed by atoms with Gasteiger partial charge in [0.2, 0.25) is 5.91 Å². The minimum Gasteiger partial charge on any atom is -0.487 e. The van der Waals surface area contributed by atoms with Gasteiger partial charge in [-0.15, -0.1) is 0 Å². The number of amides is 3. The summed E-state index contributed by atoms with van der Waals surface area (Å²) in [7, 11) is 0. The number of nitrogens with one attached hydrogen (secondary N) is 1. The van der Waals surface area contributed by atoms with Crippen LogP contribution in [-0.2, 0) is 16.2 Å². The summed E-state index contributed by atoms with van der Waals surface area (Å²) >= 11 is 7.00. The van der Waals surface area contributed by atoms with Crippen molar-refractivity contribution in [3.63, 3.8) is 0 Å². The summed E-state index contributed by atoms with van der Waals surface area (Å²) in [5.74, 6) is -1.33. The Hall–Kier alpha value is -4.22. The van der Waals surface area contributed by atoms with Crippen molar-refractivity contribution < 1.29 is 28.4 Å². The van der Waals surface area contributed by atoms with E-state index in [1.165, 1.54) is 42.5 Å². The number of hydrogen-bond donors (Lipinski definition) is 1. The molecule has 0 atom stereocenters. The second-order valence-corrected chi connectivity index (χ2v) is 9.13. The van der Waals surface area contributed by atoms with E-state index < -0.39 is 34.3 Å². The normalized spacial score (nSPS) is 14.2. The first-order chi connectivity index (χ1) is 17.7. The molecule has 0 radical (unpaired) electrons. The fourth-order valence-electron chi connectivity index (χ4n) is 3.26. The van der Waals surface area contributed by atoms with Gasteiger partial charge in [0.25, 0.3) is 16.8 Å². The van der Waals surface area contributed by atoms with Crippen molar-refractivity contribution in [3.05, 3.63) is 104 Å². The maximum absolute atomic E-state index is 13.0. The number of benzene rings is 3. The molecule has 1 saturated heterocycles. The molecule has 4 rings (SSSR count). The highest BCUT2D eigenvalue weighted by Gasteiger charge is 2.36. The van der Waals surface area contributed by atoms with E-state index in [4.69, 9.17) is 16.3 Å². The number of nitrogens with zero attached hydrogens (tertiary/aromatic N) is 2. The van der Waals surface area contributed by atoms with Crippen LogP contribution in [-0.4, -0.2) is 33.4 Å². The molecule has 1 heterocycles. The van der Waals surface area contributed by atoms with Gasteiger partial charge in [0.05, 0.1) is 14.9 Å². The van der Waals surface area contributed by atoms with Gasteiger partial charge in [-0.05, 0) is 77.5 Å². The maximum atomic E-state index is 13.0. The minimum absolute atomic E-state index is 0.0240. The first-order valence-corrected chi connectivity index (χ1v) is 11.9. The average molecular weight is 542 g/mol. The molecule has 0 unspecified atom stereocenters. The molecule has 188 valence electrons. The van der Waals surface area contributed by atoms with Crippen LogP contribution in [0.25, 0.3) is 6.08 Å². The van der Waals surface area contributed by atoms with Crippen LogP contribution in [0.1, 0.15) is 11.1 Å². The van der Waals surface area contributed by atoms with Crippen molar-refractivity contribution in [2.75, 3.05) is 11.9 Å². The molecule has 0 aromatic heterocycles. The highest BCUT2D eigenvalue weighted by molar-refractivity contribution is 8.18. The number of carbonyl (C=O) groups is 3. The van der Waals surface area contributed by atoms with E-state index in [1.54, 1.807) is 30.3 Å². The molecule has 1 fully saturated rings. The Labute approximate surface area is 219 Å². The molecule has 0 spiro atoms. The van der Waals surface area contributed by atoms with Crippen LogP contribution < -0.4 is 10.1 Å². The topological polar surface area (TPSA) is 119 Å². The van der Waals surface area contributed by atoms with Gasteiger partial charge in [0.15, 0.2) is 0 Å². The number of rotatable bonds is 8. The van der Waals surface area contributed by atoms with Crippen LogP contribution in [0.2, 0.25) is 5.02 Å². The highest BCUT2D eigenvalue weighted by Crippen LogP contribution is 2.34. The summed E-state index contributed by atoms with van der Waals surface area (Å²) in [5, 5.41) is 12.9. The van der Waals surface area contributed by atoms with Gasteiger partial charge in [-0.3, -0.25) is 29.4 Å². The van der Waals surface area contributed by atoms with E-state index in [1.807, 2.05) is 0 Å². The van der Waals surface area contributed by atoms with Crippen molar-refractivity contribution >= 4 is 57.9 Å². The van der Waals surface area contributed by atoms with Crippen LogP contribution in [0.4, 0.5) is 20.6 Å². The van der Waals surface area contributed by atoms with Gasteiger partial charge in [-0.25, -0.2) is 4.39 Å². The second kappa shape index (κ2) is 11.2. The van der Waals surface area contributed by atoms with E-state index in [0.29, 0.717) is 34.3 Å². The maximum Gasteiger partial charge on any atom is 0.294 e. The Balaban J connectivity index is 1.37. The van der Waals surface area contributed by atoms with Gasteiger partial charge in [-0.2, -0.15) is 0 Å². The molecule has 12 heteroatoms. The van der Waals surface area contributed by atoms with E-state index in [9.17, 15) is 28.9 Å². The molecule has 0 aliphatic carbocycles. The molecule has 0 bridgehead atoms. The number of non-ortho nitro benzene ring substituents is 1. The zero-order valence-corrected chi connectivity index (χ0v) is 20.4. The lowest BCUT2D eigenvalue weighted by Crippen LogP contribution is -2.36. The number of halogens is 2. The molecule has 3 aromatic rings. The van der Waals surface area contributed by atoms with Crippen LogP contribution in [0.3, 0.4) is 0 Å². The fraction of sp³-hybridized carbons (Fsp3) is 0.0800. The third kappa shape index (κ3) is 6.51. The molecule has 1 aliphatic heterocycles. The molecule has 37 heavy (non-hydrogen) atoms. The molecular formula is C25H17ClFN3O6S. The number of nitro benzene ring substituents is 1. The van der Waals surface area contributed by atoms with Crippen molar-refractivity contribution in [2.45, 2.75) is 6.61 Å². The Morgan fingerprint density at radius 2 is 1.81 bits per heavy atom. The summed E-state index contributed by atoms with van der Waals surface area (Å²) in [6, 6.07) is 15.8. The summed E-state index contributed by atoms with van der Waals surface area (Å²) in [4.78, 5) is 48.5. The van der Waals surface area contributed by atoms with E-state index >= 15 is 0 Å². The lowest BCUT2D eigenvalue weighted by atomic mass is 10.2. The monoisotopic (exact) mass is 541 g/mol. The molecule has 3 aromatic carbocycles. The standard InChI is InChI=1S/C25H17ClFN3O6S/c26-20-11-16(3-10-21(20)36-14-15-1-8-19(9-2-15)30(34)35)12-22-24(32)29(25(33)37-22)13-23(31)28-18-6-4-17(27)5-7-18/h1-12H,13-14H2,(H,28,31)/b22-12-.